The summed E-state index contributed by atoms with van der Waals surface area (Å²) in [5.41, 5.74) is 4.02. The molecule has 0 radical (unpaired) electrons. The normalized spacial score (nSPS) is 25.0. The van der Waals surface area contributed by atoms with Gasteiger partial charge in [-0.25, -0.2) is 0 Å². The van der Waals surface area contributed by atoms with Crippen LogP contribution < -0.4 is 0 Å². The molecule has 21 heavy (non-hydrogen) atoms. The Kier molecular flexibility index (Phi) is 3.03. The maximum Gasteiger partial charge on any atom is 0.0990 e. The summed E-state index contributed by atoms with van der Waals surface area (Å²) in [6.07, 6.45) is 2.63. The van der Waals surface area contributed by atoms with Gasteiger partial charge >= 0.3 is 0 Å². The van der Waals surface area contributed by atoms with Crippen LogP contribution >= 0.6 is 0 Å². The van der Waals surface area contributed by atoms with Gasteiger partial charge in [0.1, 0.15) is 0 Å². The van der Waals surface area contributed by atoms with E-state index in [0.717, 1.165) is 5.92 Å². The fourth-order valence-electron chi connectivity index (χ4n) is 3.08. The second kappa shape index (κ2) is 5.03. The van der Waals surface area contributed by atoms with Crippen molar-refractivity contribution < 1.29 is 0 Å². The van der Waals surface area contributed by atoms with Crippen molar-refractivity contribution in [2.75, 3.05) is 0 Å². The Morgan fingerprint density at radius 3 is 1.76 bits per heavy atom. The second-order valence-corrected chi connectivity index (χ2v) is 6.11. The number of benzene rings is 2. The Morgan fingerprint density at radius 1 is 0.857 bits per heavy atom. The predicted molar refractivity (Wildman–Crippen MR) is 86.0 cm³/mol. The van der Waals surface area contributed by atoms with Crippen LogP contribution in [0.5, 0.6) is 0 Å². The molecule has 2 fully saturated rings. The monoisotopic (exact) mass is 276 g/mol. The summed E-state index contributed by atoms with van der Waals surface area (Å²) < 4.78 is 0. The van der Waals surface area contributed by atoms with E-state index in [0.29, 0.717) is 12.1 Å². The third-order valence-corrected chi connectivity index (χ3v) is 4.50. The first-order valence-corrected chi connectivity index (χ1v) is 7.78. The second-order valence-electron chi connectivity index (χ2n) is 6.11. The molecule has 106 valence electrons. The van der Waals surface area contributed by atoms with E-state index >= 15 is 0 Å². The zero-order valence-electron chi connectivity index (χ0n) is 12.3. The first kappa shape index (κ1) is 12.6. The van der Waals surface area contributed by atoms with Crippen molar-refractivity contribution >= 4 is 5.71 Å². The minimum Gasteiger partial charge on any atom is -0.277 e. The third kappa shape index (κ3) is 2.46. The van der Waals surface area contributed by atoms with Crippen molar-refractivity contribution in [2.24, 2.45) is 11.0 Å². The molecule has 2 aromatic carbocycles. The van der Waals surface area contributed by atoms with Gasteiger partial charge in [-0.05, 0) is 36.8 Å². The van der Waals surface area contributed by atoms with Gasteiger partial charge in [0.15, 0.2) is 0 Å². The quantitative estimate of drug-likeness (QED) is 0.590. The summed E-state index contributed by atoms with van der Waals surface area (Å²) >= 11 is 0. The van der Waals surface area contributed by atoms with Gasteiger partial charge in [-0.15, -0.1) is 0 Å². The SMILES string of the molecule is C/C(=N/N1C(c2ccccc2)C1c1ccccc1)C1CC1. The van der Waals surface area contributed by atoms with Crippen LogP contribution in [0.15, 0.2) is 65.8 Å². The molecular formula is C19H20N2. The van der Waals surface area contributed by atoms with Crippen LogP contribution in [0.1, 0.15) is 43.0 Å². The Hall–Kier alpha value is -2.09. The molecule has 1 saturated heterocycles. The van der Waals surface area contributed by atoms with Crippen molar-refractivity contribution in [3.05, 3.63) is 71.8 Å². The van der Waals surface area contributed by atoms with Crippen LogP contribution in [-0.4, -0.2) is 10.7 Å². The van der Waals surface area contributed by atoms with Gasteiger partial charge in [-0.1, -0.05) is 60.7 Å². The van der Waals surface area contributed by atoms with Crippen LogP contribution in [0.25, 0.3) is 0 Å². The van der Waals surface area contributed by atoms with Gasteiger partial charge in [-0.2, -0.15) is 5.10 Å². The molecule has 1 heterocycles. The average Bonchev–Trinajstić information content (AvgIpc) is 3.43. The molecule has 2 unspecified atom stereocenters. The molecule has 0 N–H and O–H groups in total. The summed E-state index contributed by atoms with van der Waals surface area (Å²) in [4.78, 5) is 0. The summed E-state index contributed by atoms with van der Waals surface area (Å²) in [5, 5.41) is 7.19. The maximum absolute atomic E-state index is 4.92. The number of nitrogens with zero attached hydrogens (tertiary/aromatic N) is 2. The molecule has 4 rings (SSSR count). The lowest BCUT2D eigenvalue weighted by Gasteiger charge is -2.02. The highest BCUT2D eigenvalue weighted by Gasteiger charge is 2.49. The molecule has 2 aliphatic rings. The van der Waals surface area contributed by atoms with Gasteiger partial charge in [0, 0.05) is 5.71 Å². The lowest BCUT2D eigenvalue weighted by atomic mass is 10.0. The van der Waals surface area contributed by atoms with E-state index in [1.165, 1.54) is 29.7 Å². The Balaban J connectivity index is 1.65. The largest absolute Gasteiger partial charge is 0.277 e. The topological polar surface area (TPSA) is 15.4 Å². The predicted octanol–water partition coefficient (Wildman–Crippen LogP) is 4.57. The van der Waals surface area contributed by atoms with Crippen molar-refractivity contribution in [1.29, 1.82) is 0 Å². The first-order valence-electron chi connectivity index (χ1n) is 7.78. The highest BCUT2D eigenvalue weighted by Crippen LogP contribution is 2.55. The van der Waals surface area contributed by atoms with E-state index in [4.69, 9.17) is 5.10 Å². The number of rotatable bonds is 4. The minimum atomic E-state index is 0.391. The molecule has 1 saturated carbocycles. The first-order chi connectivity index (χ1) is 10.3. The van der Waals surface area contributed by atoms with Crippen LogP contribution in [-0.2, 0) is 0 Å². The lowest BCUT2D eigenvalue weighted by Crippen LogP contribution is -1.99. The molecule has 2 nitrogen and oxygen atoms in total. The zero-order chi connectivity index (χ0) is 14.2. The highest BCUT2D eigenvalue weighted by molar-refractivity contribution is 5.86. The fraction of sp³-hybridized carbons (Fsp3) is 0.316. The number of hydrazone groups is 1. The van der Waals surface area contributed by atoms with Gasteiger partial charge in [0.25, 0.3) is 0 Å². The van der Waals surface area contributed by atoms with Crippen molar-refractivity contribution in [3.8, 4) is 0 Å². The van der Waals surface area contributed by atoms with Crippen LogP contribution in [0.2, 0.25) is 0 Å². The maximum atomic E-state index is 4.92. The highest BCUT2D eigenvalue weighted by atomic mass is 15.6. The lowest BCUT2D eigenvalue weighted by molar-refractivity contribution is 0.518. The van der Waals surface area contributed by atoms with Crippen LogP contribution in [0, 0.1) is 5.92 Å². The van der Waals surface area contributed by atoms with E-state index < -0.39 is 0 Å². The van der Waals surface area contributed by atoms with Crippen molar-refractivity contribution in [1.82, 2.24) is 5.01 Å². The van der Waals surface area contributed by atoms with Gasteiger partial charge in [-0.3, -0.25) is 5.01 Å². The summed E-state index contributed by atoms with van der Waals surface area (Å²) in [6.45, 7) is 2.18. The Bertz CT molecular complexity index is 598. The number of hydrogen-bond donors (Lipinski definition) is 0. The Labute approximate surface area is 126 Å². The molecule has 2 heteroatoms. The van der Waals surface area contributed by atoms with E-state index in [2.05, 4.69) is 72.6 Å². The van der Waals surface area contributed by atoms with Crippen LogP contribution in [0.3, 0.4) is 0 Å². The molecule has 0 aromatic heterocycles. The van der Waals surface area contributed by atoms with Crippen molar-refractivity contribution in [3.63, 3.8) is 0 Å². The van der Waals surface area contributed by atoms with Gasteiger partial charge < -0.3 is 0 Å². The van der Waals surface area contributed by atoms with Crippen LogP contribution in [0.4, 0.5) is 0 Å². The molecule has 1 aliphatic carbocycles. The Morgan fingerprint density at radius 2 is 1.33 bits per heavy atom. The molecule has 2 atom stereocenters. The van der Waals surface area contributed by atoms with Gasteiger partial charge in [0.05, 0.1) is 12.1 Å². The summed E-state index contributed by atoms with van der Waals surface area (Å²) in [5.74, 6) is 0.735. The molecule has 0 amide bonds. The molecule has 2 aromatic rings. The molecular weight excluding hydrogens is 256 g/mol. The van der Waals surface area contributed by atoms with Gasteiger partial charge in [0.2, 0.25) is 0 Å². The molecule has 1 aliphatic heterocycles. The third-order valence-electron chi connectivity index (χ3n) is 4.50. The minimum absolute atomic E-state index is 0.391. The van der Waals surface area contributed by atoms with E-state index in [-0.39, 0.29) is 0 Å². The molecule has 0 bridgehead atoms. The standard InChI is InChI=1S/C19H20N2/c1-14(15-12-13-15)20-21-18(16-8-4-2-5-9-16)19(21)17-10-6-3-7-11-17/h2-11,15,18-19H,12-13H2,1H3/b20-14-. The summed E-state index contributed by atoms with van der Waals surface area (Å²) in [7, 11) is 0. The average molecular weight is 276 g/mol. The smallest absolute Gasteiger partial charge is 0.0990 e. The van der Waals surface area contributed by atoms with E-state index in [1.807, 2.05) is 0 Å². The summed E-state index contributed by atoms with van der Waals surface area (Å²) in [6, 6.07) is 22.2. The van der Waals surface area contributed by atoms with Crippen molar-refractivity contribution in [2.45, 2.75) is 31.8 Å². The van der Waals surface area contributed by atoms with E-state index in [9.17, 15) is 0 Å². The zero-order valence-corrected chi connectivity index (χ0v) is 12.3. The number of hydrogen-bond acceptors (Lipinski definition) is 2. The fourth-order valence-corrected chi connectivity index (χ4v) is 3.08. The molecule has 0 spiro atoms. The van der Waals surface area contributed by atoms with E-state index in [1.54, 1.807) is 0 Å².